The van der Waals surface area contributed by atoms with E-state index in [0.717, 1.165) is 12.8 Å². The maximum Gasteiger partial charge on any atom is 0.247 e. The Hall–Kier alpha value is -2.93. The zero-order valence-electron chi connectivity index (χ0n) is 20.2. The number of likely N-dealkylation sites (N-methyl/N-ethyl adjacent to an activating group) is 1. The SMILES string of the molecule is C[C@@H]1CN([C@@H](C)CO)S(=O)(=O)c2ccc(C#Cc3ccccn3)cc2O[C@@H]1CN(C)C(=O)C1CC1. The molecule has 1 aromatic carbocycles. The molecule has 186 valence electrons. The quantitative estimate of drug-likeness (QED) is 0.636. The summed E-state index contributed by atoms with van der Waals surface area (Å²) in [4.78, 5) is 18.5. The van der Waals surface area contributed by atoms with E-state index < -0.39 is 22.2 Å². The Labute approximate surface area is 207 Å². The van der Waals surface area contributed by atoms with Crippen LogP contribution in [-0.4, -0.2) is 72.5 Å². The number of ether oxygens (including phenoxy) is 1. The van der Waals surface area contributed by atoms with E-state index in [-0.39, 0.29) is 41.5 Å². The van der Waals surface area contributed by atoms with Crippen LogP contribution in [0.4, 0.5) is 0 Å². The Kier molecular flexibility index (Phi) is 7.45. The summed E-state index contributed by atoms with van der Waals surface area (Å²) >= 11 is 0. The van der Waals surface area contributed by atoms with E-state index in [1.54, 1.807) is 49.3 Å². The van der Waals surface area contributed by atoms with Gasteiger partial charge in [-0.25, -0.2) is 13.4 Å². The summed E-state index contributed by atoms with van der Waals surface area (Å²) in [6.07, 6.45) is 3.03. The molecule has 1 amide bonds. The van der Waals surface area contributed by atoms with Crippen LogP contribution in [0.5, 0.6) is 5.75 Å². The van der Waals surface area contributed by atoms with Gasteiger partial charge in [-0.05, 0) is 56.0 Å². The Bertz CT molecular complexity index is 1230. The number of benzene rings is 1. The number of pyridine rings is 1. The van der Waals surface area contributed by atoms with Crippen molar-refractivity contribution in [1.29, 1.82) is 0 Å². The van der Waals surface area contributed by atoms with Gasteiger partial charge in [-0.3, -0.25) is 4.79 Å². The lowest BCUT2D eigenvalue weighted by Crippen LogP contribution is -2.50. The molecule has 0 spiro atoms. The minimum Gasteiger partial charge on any atom is -0.487 e. The van der Waals surface area contributed by atoms with E-state index >= 15 is 0 Å². The minimum absolute atomic E-state index is 0.0225. The zero-order valence-corrected chi connectivity index (χ0v) is 21.0. The summed E-state index contributed by atoms with van der Waals surface area (Å²) in [5.74, 6) is 6.13. The summed E-state index contributed by atoms with van der Waals surface area (Å²) in [5, 5.41) is 9.78. The molecule has 1 saturated carbocycles. The van der Waals surface area contributed by atoms with Gasteiger partial charge in [0.2, 0.25) is 15.9 Å². The smallest absolute Gasteiger partial charge is 0.247 e. The maximum atomic E-state index is 13.6. The molecule has 1 aromatic heterocycles. The summed E-state index contributed by atoms with van der Waals surface area (Å²) in [7, 11) is -2.18. The third-order valence-corrected chi connectivity index (χ3v) is 8.44. The topological polar surface area (TPSA) is 100 Å². The first-order valence-corrected chi connectivity index (χ1v) is 13.3. The Morgan fingerprint density at radius 1 is 1.29 bits per heavy atom. The number of sulfonamides is 1. The Morgan fingerprint density at radius 3 is 2.71 bits per heavy atom. The largest absolute Gasteiger partial charge is 0.487 e. The molecule has 2 aliphatic rings. The zero-order chi connectivity index (χ0) is 25.2. The van der Waals surface area contributed by atoms with Gasteiger partial charge < -0.3 is 14.7 Å². The van der Waals surface area contributed by atoms with Gasteiger partial charge >= 0.3 is 0 Å². The number of carbonyl (C=O) groups excluding carboxylic acids is 1. The third kappa shape index (κ3) is 5.67. The second kappa shape index (κ2) is 10.4. The molecule has 1 N–H and O–H groups in total. The average molecular weight is 498 g/mol. The first kappa shape index (κ1) is 25.2. The molecule has 2 heterocycles. The van der Waals surface area contributed by atoms with Gasteiger partial charge in [-0.1, -0.05) is 18.9 Å². The van der Waals surface area contributed by atoms with Crippen molar-refractivity contribution in [3.05, 3.63) is 53.9 Å². The lowest BCUT2D eigenvalue weighted by molar-refractivity contribution is -0.132. The lowest BCUT2D eigenvalue weighted by atomic mass is 10.0. The molecule has 2 aromatic rings. The molecule has 35 heavy (non-hydrogen) atoms. The first-order chi connectivity index (χ1) is 16.7. The highest BCUT2D eigenvalue weighted by Gasteiger charge is 2.39. The van der Waals surface area contributed by atoms with Gasteiger partial charge in [0.15, 0.2) is 0 Å². The molecule has 1 aliphatic heterocycles. The molecule has 8 nitrogen and oxygen atoms in total. The fourth-order valence-corrected chi connectivity index (χ4v) is 5.92. The highest BCUT2D eigenvalue weighted by molar-refractivity contribution is 7.89. The average Bonchev–Trinajstić information content (AvgIpc) is 3.70. The number of hydrogen-bond acceptors (Lipinski definition) is 6. The van der Waals surface area contributed by atoms with Gasteiger partial charge in [-0.2, -0.15) is 4.31 Å². The van der Waals surface area contributed by atoms with Gasteiger partial charge in [0.05, 0.1) is 13.2 Å². The van der Waals surface area contributed by atoms with Crippen LogP contribution in [0, 0.1) is 23.7 Å². The Morgan fingerprint density at radius 2 is 2.06 bits per heavy atom. The van der Waals surface area contributed by atoms with Crippen LogP contribution >= 0.6 is 0 Å². The van der Waals surface area contributed by atoms with Crippen LogP contribution in [0.2, 0.25) is 0 Å². The standard InChI is InChI=1S/C26H31N3O5S/c1-18-15-29(19(2)17-30)35(32,33)25-12-8-20(7-11-22-6-4-5-13-27-22)14-23(25)34-24(18)16-28(3)26(31)21-9-10-21/h4-6,8,12-14,18-19,21,24,30H,9-10,15-17H2,1-3H3/t18-,19+,24-/m1/s1. The molecule has 0 bridgehead atoms. The van der Waals surface area contributed by atoms with E-state index in [0.29, 0.717) is 17.8 Å². The molecule has 4 rings (SSSR count). The number of nitrogens with zero attached hydrogens (tertiary/aromatic N) is 3. The number of aliphatic hydroxyl groups excluding tert-OH is 1. The van der Waals surface area contributed by atoms with E-state index in [9.17, 15) is 18.3 Å². The number of rotatable bonds is 5. The molecule has 1 fully saturated rings. The molecular formula is C26H31N3O5S. The Balaban J connectivity index is 1.72. The monoisotopic (exact) mass is 497 g/mol. The number of aromatic nitrogens is 1. The normalized spacial score (nSPS) is 22.4. The highest BCUT2D eigenvalue weighted by Crippen LogP contribution is 2.35. The van der Waals surface area contributed by atoms with Crippen molar-refractivity contribution in [1.82, 2.24) is 14.2 Å². The van der Waals surface area contributed by atoms with Crippen molar-refractivity contribution in [2.45, 2.75) is 43.7 Å². The molecule has 0 radical (unpaired) electrons. The van der Waals surface area contributed by atoms with Crippen molar-refractivity contribution in [3.8, 4) is 17.6 Å². The molecule has 3 atom stereocenters. The van der Waals surface area contributed by atoms with Crippen molar-refractivity contribution >= 4 is 15.9 Å². The molecular weight excluding hydrogens is 466 g/mol. The van der Waals surface area contributed by atoms with Crippen LogP contribution in [-0.2, 0) is 14.8 Å². The van der Waals surface area contributed by atoms with Crippen molar-refractivity contribution in [2.24, 2.45) is 11.8 Å². The predicted octanol–water partition coefficient (Wildman–Crippen LogP) is 2.12. The van der Waals surface area contributed by atoms with E-state index in [1.165, 1.54) is 10.4 Å². The number of fused-ring (bicyclic) bond motifs is 1. The van der Waals surface area contributed by atoms with E-state index in [4.69, 9.17) is 4.74 Å². The summed E-state index contributed by atoms with van der Waals surface area (Å²) in [6.45, 7) is 3.78. The third-order valence-electron chi connectivity index (χ3n) is 6.42. The fraction of sp³-hybridized carbons (Fsp3) is 0.462. The summed E-state index contributed by atoms with van der Waals surface area (Å²) < 4.78 is 34.8. The lowest BCUT2D eigenvalue weighted by Gasteiger charge is -2.37. The summed E-state index contributed by atoms with van der Waals surface area (Å²) in [5.41, 5.74) is 1.18. The van der Waals surface area contributed by atoms with Crippen LogP contribution in [0.1, 0.15) is 37.9 Å². The van der Waals surface area contributed by atoms with Gasteiger partial charge in [0.25, 0.3) is 0 Å². The van der Waals surface area contributed by atoms with Gasteiger partial charge in [0, 0.05) is 43.2 Å². The van der Waals surface area contributed by atoms with Crippen LogP contribution < -0.4 is 4.74 Å². The number of aliphatic hydroxyl groups is 1. The highest BCUT2D eigenvalue weighted by atomic mass is 32.2. The van der Waals surface area contributed by atoms with E-state index in [2.05, 4.69) is 16.8 Å². The van der Waals surface area contributed by atoms with Crippen molar-refractivity contribution < 1.29 is 23.1 Å². The molecule has 0 saturated heterocycles. The minimum atomic E-state index is -3.94. The van der Waals surface area contributed by atoms with Crippen LogP contribution in [0.25, 0.3) is 0 Å². The molecule has 1 aliphatic carbocycles. The second-order valence-corrected chi connectivity index (χ2v) is 11.2. The number of carbonyl (C=O) groups is 1. The molecule has 0 unspecified atom stereocenters. The number of hydrogen-bond donors (Lipinski definition) is 1. The maximum absolute atomic E-state index is 13.6. The predicted molar refractivity (Wildman–Crippen MR) is 131 cm³/mol. The van der Waals surface area contributed by atoms with Gasteiger partial charge in [0.1, 0.15) is 22.4 Å². The van der Waals surface area contributed by atoms with Crippen LogP contribution in [0.3, 0.4) is 0 Å². The molecule has 9 heteroatoms. The van der Waals surface area contributed by atoms with Crippen LogP contribution in [0.15, 0.2) is 47.5 Å². The second-order valence-electron chi connectivity index (χ2n) is 9.36. The number of amides is 1. The van der Waals surface area contributed by atoms with Crippen molar-refractivity contribution in [3.63, 3.8) is 0 Å². The van der Waals surface area contributed by atoms with Gasteiger partial charge in [-0.15, -0.1) is 0 Å². The fourth-order valence-electron chi connectivity index (χ4n) is 4.10. The first-order valence-electron chi connectivity index (χ1n) is 11.8. The summed E-state index contributed by atoms with van der Waals surface area (Å²) in [6, 6.07) is 9.59. The van der Waals surface area contributed by atoms with E-state index in [1.807, 2.05) is 13.0 Å². The van der Waals surface area contributed by atoms with Crippen molar-refractivity contribution in [2.75, 3.05) is 26.7 Å².